The summed E-state index contributed by atoms with van der Waals surface area (Å²) in [4.78, 5) is 29.3. The number of rotatable bonds is 4. The van der Waals surface area contributed by atoms with E-state index in [1.165, 1.54) is 0 Å². The fourth-order valence-electron chi connectivity index (χ4n) is 2.88. The molecule has 2 aromatic heterocycles. The molecule has 0 saturated carbocycles. The number of aromatic nitrogens is 3. The van der Waals surface area contributed by atoms with Gasteiger partial charge < -0.3 is 14.9 Å². The van der Waals surface area contributed by atoms with E-state index in [4.69, 9.17) is 15.1 Å². The predicted molar refractivity (Wildman–Crippen MR) is 90.4 cm³/mol. The lowest BCUT2D eigenvalue weighted by atomic mass is 10.0. The molecule has 1 amide bonds. The van der Waals surface area contributed by atoms with Crippen molar-refractivity contribution in [2.24, 2.45) is 0 Å². The Morgan fingerprint density at radius 3 is 2.71 bits per heavy atom. The topological polar surface area (TPSA) is 82.5 Å². The van der Waals surface area contributed by atoms with Crippen LogP contribution in [0.4, 0.5) is 5.82 Å². The molecule has 3 rings (SSSR count). The number of carbonyl (C=O) groups excluding carboxylic acids is 1. The number of pyridine rings is 1. The first-order valence-electron chi connectivity index (χ1n) is 7.96. The van der Waals surface area contributed by atoms with Gasteiger partial charge in [-0.3, -0.25) is 9.78 Å². The summed E-state index contributed by atoms with van der Waals surface area (Å²) in [7, 11) is 3.92. The summed E-state index contributed by atoms with van der Waals surface area (Å²) in [6.45, 7) is 0.956. The van der Waals surface area contributed by atoms with Gasteiger partial charge in [-0.05, 0) is 18.6 Å². The predicted octanol–water partition coefficient (Wildman–Crippen LogP) is 0.872. The third kappa shape index (κ3) is 3.21. The van der Waals surface area contributed by atoms with E-state index >= 15 is 0 Å². The molecule has 3 heterocycles. The van der Waals surface area contributed by atoms with E-state index in [9.17, 15) is 4.79 Å². The minimum atomic E-state index is -0.128. The van der Waals surface area contributed by atoms with Crippen LogP contribution in [0.2, 0.25) is 0 Å². The minimum absolute atomic E-state index is 0.0429. The van der Waals surface area contributed by atoms with Crippen molar-refractivity contribution in [3.63, 3.8) is 0 Å². The molecule has 0 bridgehead atoms. The van der Waals surface area contributed by atoms with Crippen LogP contribution in [-0.2, 0) is 17.8 Å². The molecule has 2 aromatic rings. The second kappa shape index (κ2) is 6.92. The van der Waals surface area contributed by atoms with E-state index in [0.717, 1.165) is 29.1 Å². The lowest BCUT2D eigenvalue weighted by Gasteiger charge is -2.30. The SMILES string of the molecule is CN(C)c1nc(-c2ccncc2)nc2c1CCN(C(=O)CCO)C2. The van der Waals surface area contributed by atoms with Crippen molar-refractivity contribution in [3.8, 4) is 11.4 Å². The Hall–Kier alpha value is -2.54. The van der Waals surface area contributed by atoms with Crippen molar-refractivity contribution in [2.45, 2.75) is 19.4 Å². The number of hydrogen-bond donors (Lipinski definition) is 1. The number of fused-ring (bicyclic) bond motifs is 1. The van der Waals surface area contributed by atoms with Crippen molar-refractivity contribution in [1.82, 2.24) is 19.9 Å². The van der Waals surface area contributed by atoms with Crippen LogP contribution in [0.25, 0.3) is 11.4 Å². The molecule has 0 aliphatic carbocycles. The molecule has 0 spiro atoms. The Balaban J connectivity index is 2.00. The molecule has 0 atom stereocenters. The number of anilines is 1. The average molecular weight is 327 g/mol. The van der Waals surface area contributed by atoms with Crippen molar-refractivity contribution >= 4 is 11.7 Å². The molecule has 0 fully saturated rings. The van der Waals surface area contributed by atoms with Gasteiger partial charge in [0, 0.05) is 50.6 Å². The Morgan fingerprint density at radius 1 is 1.29 bits per heavy atom. The Kier molecular flexibility index (Phi) is 4.71. The molecule has 126 valence electrons. The summed E-state index contributed by atoms with van der Waals surface area (Å²) in [6, 6.07) is 3.75. The van der Waals surface area contributed by atoms with Gasteiger partial charge >= 0.3 is 0 Å². The summed E-state index contributed by atoms with van der Waals surface area (Å²) < 4.78 is 0. The lowest BCUT2D eigenvalue weighted by molar-refractivity contribution is -0.132. The van der Waals surface area contributed by atoms with Gasteiger partial charge in [-0.15, -0.1) is 0 Å². The van der Waals surface area contributed by atoms with Gasteiger partial charge in [-0.2, -0.15) is 0 Å². The molecular weight excluding hydrogens is 306 g/mol. The third-order valence-electron chi connectivity index (χ3n) is 4.08. The fourth-order valence-corrected chi connectivity index (χ4v) is 2.88. The van der Waals surface area contributed by atoms with Gasteiger partial charge in [0.25, 0.3) is 0 Å². The van der Waals surface area contributed by atoms with E-state index in [2.05, 4.69) is 4.98 Å². The van der Waals surface area contributed by atoms with Crippen LogP contribution < -0.4 is 4.90 Å². The number of amides is 1. The van der Waals surface area contributed by atoms with Crippen LogP contribution in [0, 0.1) is 0 Å². The maximum atomic E-state index is 12.1. The van der Waals surface area contributed by atoms with E-state index in [0.29, 0.717) is 18.9 Å². The van der Waals surface area contributed by atoms with Crippen LogP contribution in [-0.4, -0.2) is 58.1 Å². The summed E-state index contributed by atoms with van der Waals surface area (Å²) in [6.07, 6.45) is 4.30. The maximum absolute atomic E-state index is 12.1. The van der Waals surface area contributed by atoms with Crippen molar-refractivity contribution < 1.29 is 9.90 Å². The molecule has 1 aliphatic heterocycles. The summed E-state index contributed by atoms with van der Waals surface area (Å²) in [5.41, 5.74) is 2.86. The standard InChI is InChI=1S/C17H21N5O2/c1-21(2)17-13-5-9-22(15(24)6-10-23)11-14(13)19-16(20-17)12-3-7-18-8-4-12/h3-4,7-8,23H,5-6,9-11H2,1-2H3. The van der Waals surface area contributed by atoms with Gasteiger partial charge in [0.15, 0.2) is 5.82 Å². The molecule has 0 radical (unpaired) electrons. The smallest absolute Gasteiger partial charge is 0.225 e. The van der Waals surface area contributed by atoms with Gasteiger partial charge in [0.2, 0.25) is 5.91 Å². The normalized spacial score (nSPS) is 13.5. The fraction of sp³-hybridized carbons (Fsp3) is 0.412. The number of carbonyl (C=O) groups is 1. The molecule has 24 heavy (non-hydrogen) atoms. The van der Waals surface area contributed by atoms with E-state index in [1.807, 2.05) is 31.1 Å². The van der Waals surface area contributed by atoms with Gasteiger partial charge in [0.1, 0.15) is 5.82 Å². The summed E-state index contributed by atoms with van der Waals surface area (Å²) in [5.74, 6) is 1.48. The Bertz CT molecular complexity index is 733. The molecule has 0 saturated heterocycles. The average Bonchev–Trinajstić information content (AvgIpc) is 2.61. The highest BCUT2D eigenvalue weighted by molar-refractivity contribution is 5.76. The minimum Gasteiger partial charge on any atom is -0.396 e. The lowest BCUT2D eigenvalue weighted by Crippen LogP contribution is -2.37. The number of aliphatic hydroxyl groups is 1. The van der Waals surface area contributed by atoms with Crippen molar-refractivity contribution in [1.29, 1.82) is 0 Å². The molecule has 1 N–H and O–H groups in total. The molecule has 7 heteroatoms. The zero-order valence-corrected chi connectivity index (χ0v) is 13.9. The first kappa shape index (κ1) is 16.3. The molecule has 0 unspecified atom stereocenters. The highest BCUT2D eigenvalue weighted by Gasteiger charge is 2.25. The Morgan fingerprint density at radius 2 is 2.04 bits per heavy atom. The van der Waals surface area contributed by atoms with Crippen LogP contribution in [0.5, 0.6) is 0 Å². The molecule has 0 aromatic carbocycles. The molecular formula is C17H21N5O2. The quantitative estimate of drug-likeness (QED) is 0.897. The van der Waals surface area contributed by atoms with Crippen LogP contribution in [0.15, 0.2) is 24.5 Å². The van der Waals surface area contributed by atoms with Gasteiger partial charge in [-0.25, -0.2) is 9.97 Å². The number of hydrogen-bond acceptors (Lipinski definition) is 6. The second-order valence-corrected chi connectivity index (χ2v) is 5.97. The zero-order valence-electron chi connectivity index (χ0n) is 13.9. The first-order chi connectivity index (χ1) is 11.6. The van der Waals surface area contributed by atoms with Gasteiger partial charge in [-0.1, -0.05) is 0 Å². The summed E-state index contributed by atoms with van der Waals surface area (Å²) >= 11 is 0. The highest BCUT2D eigenvalue weighted by Crippen LogP contribution is 2.28. The van der Waals surface area contributed by atoms with Crippen molar-refractivity contribution in [3.05, 3.63) is 35.8 Å². The van der Waals surface area contributed by atoms with Crippen LogP contribution >= 0.6 is 0 Å². The second-order valence-electron chi connectivity index (χ2n) is 5.97. The maximum Gasteiger partial charge on any atom is 0.225 e. The number of nitrogens with zero attached hydrogens (tertiary/aromatic N) is 5. The van der Waals surface area contributed by atoms with Crippen molar-refractivity contribution in [2.75, 3.05) is 32.1 Å². The Labute approximate surface area is 141 Å². The van der Waals surface area contributed by atoms with E-state index in [1.54, 1.807) is 17.3 Å². The van der Waals surface area contributed by atoms with E-state index < -0.39 is 0 Å². The largest absolute Gasteiger partial charge is 0.396 e. The van der Waals surface area contributed by atoms with E-state index in [-0.39, 0.29) is 18.9 Å². The van der Waals surface area contributed by atoms with Crippen LogP contribution in [0.1, 0.15) is 17.7 Å². The first-order valence-corrected chi connectivity index (χ1v) is 7.96. The molecule has 1 aliphatic rings. The highest BCUT2D eigenvalue weighted by atomic mass is 16.3. The number of aliphatic hydroxyl groups excluding tert-OH is 1. The van der Waals surface area contributed by atoms with Gasteiger partial charge in [0.05, 0.1) is 18.8 Å². The van der Waals surface area contributed by atoms with Crippen LogP contribution in [0.3, 0.4) is 0 Å². The molecule has 7 nitrogen and oxygen atoms in total. The monoisotopic (exact) mass is 327 g/mol. The summed E-state index contributed by atoms with van der Waals surface area (Å²) in [5, 5.41) is 8.99. The third-order valence-corrected chi connectivity index (χ3v) is 4.08. The zero-order chi connectivity index (χ0) is 17.1.